The first kappa shape index (κ1) is 17.8. The zero-order valence-electron chi connectivity index (χ0n) is 16.0. The van der Waals surface area contributed by atoms with Gasteiger partial charge in [0.05, 0.1) is 6.61 Å². The molecule has 0 unspecified atom stereocenters. The van der Waals surface area contributed by atoms with Crippen LogP contribution in [0.4, 0.5) is 0 Å². The highest BCUT2D eigenvalue weighted by molar-refractivity contribution is 5.42. The zero-order chi connectivity index (χ0) is 19.0. The molecule has 2 aliphatic heterocycles. The fourth-order valence-electron chi connectivity index (χ4n) is 5.02. The van der Waals surface area contributed by atoms with E-state index in [9.17, 15) is 5.11 Å². The van der Waals surface area contributed by atoms with Crippen molar-refractivity contribution < 1.29 is 9.84 Å². The van der Waals surface area contributed by atoms with Crippen molar-refractivity contribution >= 4 is 0 Å². The number of aromatic nitrogens is 1. The first-order valence-corrected chi connectivity index (χ1v) is 10.2. The van der Waals surface area contributed by atoms with Gasteiger partial charge >= 0.3 is 0 Å². The molecule has 3 aliphatic rings. The Morgan fingerprint density at radius 3 is 2.96 bits per heavy atom. The first-order valence-electron chi connectivity index (χ1n) is 10.2. The van der Waals surface area contributed by atoms with Gasteiger partial charge in [0.2, 0.25) is 0 Å². The van der Waals surface area contributed by atoms with Crippen LogP contribution < -0.4 is 0 Å². The molecule has 1 N–H and O–H groups in total. The lowest BCUT2D eigenvalue weighted by Gasteiger charge is -2.46. The predicted molar refractivity (Wildman–Crippen MR) is 108 cm³/mol. The van der Waals surface area contributed by atoms with Crippen LogP contribution in [0.1, 0.15) is 42.0 Å². The predicted octanol–water partition coefficient (Wildman–Crippen LogP) is 4.10. The van der Waals surface area contributed by atoms with Gasteiger partial charge in [-0.1, -0.05) is 54.1 Å². The van der Waals surface area contributed by atoms with Crippen LogP contribution >= 0.6 is 0 Å². The number of rotatable bonds is 5. The van der Waals surface area contributed by atoms with Gasteiger partial charge in [0, 0.05) is 29.9 Å². The largest absolute Gasteiger partial charge is 0.371 e. The number of hydrogen-bond donors (Lipinski definition) is 1. The van der Waals surface area contributed by atoms with E-state index < -0.39 is 5.72 Å². The van der Waals surface area contributed by atoms with Gasteiger partial charge in [0.1, 0.15) is 6.73 Å². The van der Waals surface area contributed by atoms with Crippen molar-refractivity contribution in [2.45, 2.75) is 37.5 Å². The topological polar surface area (TPSA) is 45.6 Å². The second kappa shape index (κ2) is 7.28. The molecule has 4 heteroatoms. The van der Waals surface area contributed by atoms with Crippen LogP contribution in [0.3, 0.4) is 0 Å². The number of hydrogen-bond acceptors (Lipinski definition) is 4. The fourth-order valence-corrected chi connectivity index (χ4v) is 5.02. The number of ether oxygens (including phenoxy) is 1. The minimum absolute atomic E-state index is 0.0308. The lowest BCUT2D eigenvalue weighted by molar-refractivity contribution is -0.247. The third kappa shape index (κ3) is 2.93. The molecule has 1 aliphatic carbocycles. The molecule has 1 saturated heterocycles. The summed E-state index contributed by atoms with van der Waals surface area (Å²) in [7, 11) is 0. The monoisotopic (exact) mass is 374 g/mol. The highest BCUT2D eigenvalue weighted by Gasteiger charge is 2.55. The minimum atomic E-state index is -0.964. The highest BCUT2D eigenvalue weighted by Crippen LogP contribution is 2.53. The van der Waals surface area contributed by atoms with Gasteiger partial charge in [0.25, 0.3) is 0 Å². The van der Waals surface area contributed by atoms with E-state index >= 15 is 0 Å². The van der Waals surface area contributed by atoms with Gasteiger partial charge in [-0.15, -0.1) is 0 Å². The molecule has 0 saturated carbocycles. The summed E-state index contributed by atoms with van der Waals surface area (Å²) in [6, 6.07) is 12.6. The van der Waals surface area contributed by atoms with E-state index in [4.69, 9.17) is 4.74 Å². The van der Waals surface area contributed by atoms with Gasteiger partial charge in [-0.05, 0) is 42.9 Å². The van der Waals surface area contributed by atoms with Crippen LogP contribution in [0.25, 0.3) is 0 Å². The molecule has 1 aromatic heterocycles. The molecule has 144 valence electrons. The van der Waals surface area contributed by atoms with Gasteiger partial charge in [0.15, 0.2) is 5.72 Å². The molecule has 1 fully saturated rings. The summed E-state index contributed by atoms with van der Waals surface area (Å²) in [5.74, 6) is 0.0308. The molecule has 28 heavy (non-hydrogen) atoms. The number of fused-ring (bicyclic) bond motifs is 3. The van der Waals surface area contributed by atoms with Gasteiger partial charge in [-0.2, -0.15) is 0 Å². The Balaban J connectivity index is 1.45. The van der Waals surface area contributed by atoms with Crippen LogP contribution in [0, 0.1) is 5.92 Å². The van der Waals surface area contributed by atoms with Crippen molar-refractivity contribution in [2.75, 3.05) is 13.3 Å². The van der Waals surface area contributed by atoms with Gasteiger partial charge < -0.3 is 9.84 Å². The van der Waals surface area contributed by atoms with Gasteiger partial charge in [-0.3, -0.25) is 4.98 Å². The van der Waals surface area contributed by atoms with Crippen molar-refractivity contribution in [1.29, 1.82) is 0 Å². The molecule has 2 aromatic rings. The molecule has 0 amide bonds. The van der Waals surface area contributed by atoms with Crippen molar-refractivity contribution in [3.8, 4) is 0 Å². The number of allylic oxidation sites excluding steroid dienone is 3. The van der Waals surface area contributed by atoms with Crippen molar-refractivity contribution in [2.24, 2.45) is 5.92 Å². The smallest absolute Gasteiger partial charge is 0.152 e. The number of aliphatic hydroxyl groups is 1. The maximum Gasteiger partial charge on any atom is 0.152 e. The summed E-state index contributed by atoms with van der Waals surface area (Å²) in [6.45, 7) is 1.05. The second-order valence-electron chi connectivity index (χ2n) is 8.06. The Labute approximate surface area is 166 Å². The number of pyridine rings is 1. The van der Waals surface area contributed by atoms with Crippen molar-refractivity contribution in [1.82, 2.24) is 9.88 Å². The molecule has 3 atom stereocenters. The first-order chi connectivity index (χ1) is 13.8. The van der Waals surface area contributed by atoms with Crippen molar-refractivity contribution in [3.63, 3.8) is 0 Å². The summed E-state index contributed by atoms with van der Waals surface area (Å²) in [5.41, 5.74) is 3.96. The van der Waals surface area contributed by atoms with Crippen LogP contribution in [0.5, 0.6) is 0 Å². The van der Waals surface area contributed by atoms with E-state index in [0.29, 0.717) is 13.3 Å². The molecule has 0 radical (unpaired) electrons. The molecular weight excluding hydrogens is 348 g/mol. The van der Waals surface area contributed by atoms with E-state index in [1.165, 1.54) is 16.7 Å². The fraction of sp³-hybridized carbons (Fsp3) is 0.375. The Morgan fingerprint density at radius 2 is 2.14 bits per heavy atom. The molecule has 0 bridgehead atoms. The average Bonchev–Trinajstić information content (AvgIpc) is 3.33. The van der Waals surface area contributed by atoms with Crippen LogP contribution in [0.2, 0.25) is 0 Å². The second-order valence-corrected chi connectivity index (χ2v) is 8.06. The van der Waals surface area contributed by atoms with E-state index in [2.05, 4.69) is 52.4 Å². The molecule has 5 rings (SSSR count). The van der Waals surface area contributed by atoms with Crippen LogP contribution in [-0.4, -0.2) is 28.3 Å². The summed E-state index contributed by atoms with van der Waals surface area (Å²) < 4.78 is 5.99. The summed E-state index contributed by atoms with van der Waals surface area (Å²) in [4.78, 5) is 6.41. The highest BCUT2D eigenvalue weighted by atomic mass is 16.5. The Hall–Kier alpha value is -2.27. The molecule has 1 aromatic carbocycles. The Kier molecular flexibility index (Phi) is 4.63. The lowest BCUT2D eigenvalue weighted by Crippen LogP contribution is -2.54. The molecule has 0 spiro atoms. The number of aryl methyl sites for hydroxylation is 1. The molecule has 3 heterocycles. The maximum absolute atomic E-state index is 12.0. The number of nitrogens with zero attached hydrogens (tertiary/aromatic N) is 2. The Morgan fingerprint density at radius 1 is 1.21 bits per heavy atom. The van der Waals surface area contributed by atoms with E-state index in [-0.39, 0.29) is 12.0 Å². The zero-order valence-corrected chi connectivity index (χ0v) is 16.0. The molecule has 4 nitrogen and oxygen atoms in total. The molecular formula is C24H26N2O2. The third-order valence-corrected chi connectivity index (χ3v) is 6.46. The minimum Gasteiger partial charge on any atom is -0.371 e. The lowest BCUT2D eigenvalue weighted by atomic mass is 9.84. The summed E-state index contributed by atoms with van der Waals surface area (Å²) in [5, 5.41) is 12.0. The standard InChI is InChI=1S/C24H26N2O2/c27-24-20(12-11-19-8-5-13-25-15-19)16-28-17-26(24)23(14-18-6-1-2-7-18)21-9-3-4-10-22(21)24/h1-6,8-10,13,15,20,23,27H,7,11-12,14,16-17H2/t20-,23-,24-/m0/s1. The van der Waals surface area contributed by atoms with Crippen molar-refractivity contribution in [3.05, 3.63) is 89.3 Å². The summed E-state index contributed by atoms with van der Waals surface area (Å²) >= 11 is 0. The third-order valence-electron chi connectivity index (χ3n) is 6.46. The quantitative estimate of drug-likeness (QED) is 0.856. The number of benzene rings is 1. The SMILES string of the molecule is O[C@@]12c3ccccc3[C@H](CC3=CC=CC3)N1COC[C@@H]2CCc1cccnc1. The van der Waals surface area contributed by atoms with E-state index in [1.807, 2.05) is 18.3 Å². The van der Waals surface area contributed by atoms with E-state index in [1.54, 1.807) is 6.20 Å². The van der Waals surface area contributed by atoms with Crippen LogP contribution in [-0.2, 0) is 16.9 Å². The van der Waals surface area contributed by atoms with E-state index in [0.717, 1.165) is 31.2 Å². The average molecular weight is 374 g/mol. The van der Waals surface area contributed by atoms with Crippen LogP contribution in [0.15, 0.2) is 72.6 Å². The van der Waals surface area contributed by atoms with Gasteiger partial charge in [-0.25, -0.2) is 4.90 Å². The Bertz CT molecular complexity index is 908. The summed E-state index contributed by atoms with van der Waals surface area (Å²) in [6.07, 6.45) is 14.0. The maximum atomic E-state index is 12.0. The normalized spacial score (nSPS) is 28.8.